The van der Waals surface area contributed by atoms with Gasteiger partial charge in [0.15, 0.2) is 0 Å². The molecule has 24 heavy (non-hydrogen) atoms. The molecule has 5 nitrogen and oxygen atoms in total. The second-order valence-corrected chi connectivity index (χ2v) is 5.87. The van der Waals surface area contributed by atoms with E-state index in [9.17, 15) is 9.59 Å². The molecule has 0 spiro atoms. The van der Waals surface area contributed by atoms with E-state index in [1.807, 2.05) is 12.1 Å². The molecule has 2 aromatic carbocycles. The Bertz CT molecular complexity index is 750. The Hall–Kier alpha value is -2.24. The maximum Gasteiger partial charge on any atom is 0.226 e. The van der Waals surface area contributed by atoms with Crippen LogP contribution in [-0.4, -0.2) is 18.4 Å². The number of hydrogen-bond donors (Lipinski definition) is 3. The van der Waals surface area contributed by atoms with Crippen LogP contribution in [0.2, 0.25) is 10.0 Å². The summed E-state index contributed by atoms with van der Waals surface area (Å²) in [4.78, 5) is 23.0. The Balaban J connectivity index is 1.84. The minimum Gasteiger partial charge on any atom is -0.384 e. The highest BCUT2D eigenvalue weighted by atomic mass is 35.5. The van der Waals surface area contributed by atoms with Crippen LogP contribution >= 0.6 is 23.2 Å². The van der Waals surface area contributed by atoms with Crippen molar-refractivity contribution in [2.24, 2.45) is 0 Å². The van der Waals surface area contributed by atoms with Crippen molar-refractivity contribution >= 4 is 52.1 Å². The predicted molar refractivity (Wildman–Crippen MR) is 98.9 cm³/mol. The fourth-order valence-electron chi connectivity index (χ4n) is 2.04. The van der Waals surface area contributed by atoms with E-state index in [1.165, 1.54) is 6.92 Å². The van der Waals surface area contributed by atoms with Gasteiger partial charge in [0.2, 0.25) is 11.8 Å². The highest BCUT2D eigenvalue weighted by Gasteiger charge is 2.08. The van der Waals surface area contributed by atoms with Crippen molar-refractivity contribution in [2.45, 2.75) is 13.3 Å². The zero-order chi connectivity index (χ0) is 17.5. The van der Waals surface area contributed by atoms with E-state index in [0.717, 1.165) is 5.69 Å². The average molecular weight is 366 g/mol. The number of nitrogens with one attached hydrogen (secondary N) is 3. The van der Waals surface area contributed by atoms with Gasteiger partial charge in [-0.15, -0.1) is 0 Å². The van der Waals surface area contributed by atoms with Gasteiger partial charge in [-0.3, -0.25) is 9.59 Å². The fourth-order valence-corrected chi connectivity index (χ4v) is 2.39. The van der Waals surface area contributed by atoms with Gasteiger partial charge in [0.25, 0.3) is 0 Å². The maximum absolute atomic E-state index is 12.0. The molecule has 2 amide bonds. The number of benzene rings is 2. The molecular weight excluding hydrogens is 349 g/mol. The molecule has 3 N–H and O–H groups in total. The number of hydrogen-bond acceptors (Lipinski definition) is 3. The Morgan fingerprint density at radius 1 is 1.00 bits per heavy atom. The molecule has 0 saturated heterocycles. The van der Waals surface area contributed by atoms with E-state index in [0.29, 0.717) is 28.0 Å². The van der Waals surface area contributed by atoms with Gasteiger partial charge < -0.3 is 16.0 Å². The lowest BCUT2D eigenvalue weighted by Gasteiger charge is -2.10. The minimum atomic E-state index is -0.176. The van der Waals surface area contributed by atoms with Crippen molar-refractivity contribution in [3.8, 4) is 0 Å². The summed E-state index contributed by atoms with van der Waals surface area (Å²) in [6, 6.07) is 12.3. The lowest BCUT2D eigenvalue weighted by Crippen LogP contribution is -2.16. The van der Waals surface area contributed by atoms with Crippen LogP contribution < -0.4 is 16.0 Å². The smallest absolute Gasteiger partial charge is 0.226 e. The molecule has 0 aliphatic heterocycles. The number of carbonyl (C=O) groups is 2. The number of rotatable bonds is 6. The first-order chi connectivity index (χ1) is 11.5. The summed E-state index contributed by atoms with van der Waals surface area (Å²) in [5.41, 5.74) is 2.00. The molecule has 0 radical (unpaired) electrons. The van der Waals surface area contributed by atoms with Crippen LogP contribution in [0.5, 0.6) is 0 Å². The van der Waals surface area contributed by atoms with Gasteiger partial charge in [-0.1, -0.05) is 35.3 Å². The van der Waals surface area contributed by atoms with E-state index < -0.39 is 0 Å². The molecule has 7 heteroatoms. The Labute approximate surface area is 150 Å². The van der Waals surface area contributed by atoms with Crippen LogP contribution in [0.3, 0.4) is 0 Å². The van der Waals surface area contributed by atoms with E-state index in [4.69, 9.17) is 23.2 Å². The van der Waals surface area contributed by atoms with Crippen molar-refractivity contribution < 1.29 is 9.59 Å². The van der Waals surface area contributed by atoms with Gasteiger partial charge in [0.05, 0.1) is 15.7 Å². The highest BCUT2D eigenvalue weighted by molar-refractivity contribution is 6.43. The van der Waals surface area contributed by atoms with Gasteiger partial charge in [-0.25, -0.2) is 0 Å². The van der Waals surface area contributed by atoms with E-state index >= 15 is 0 Å². The lowest BCUT2D eigenvalue weighted by atomic mass is 10.2. The third-order valence-electron chi connectivity index (χ3n) is 3.09. The minimum absolute atomic E-state index is 0.134. The molecule has 0 bridgehead atoms. The molecule has 126 valence electrons. The predicted octanol–water partition coefficient (Wildman–Crippen LogP) is 4.39. The number of amides is 2. The van der Waals surface area contributed by atoms with Gasteiger partial charge in [-0.2, -0.15) is 0 Å². The van der Waals surface area contributed by atoms with Crippen molar-refractivity contribution in [2.75, 3.05) is 22.5 Å². The van der Waals surface area contributed by atoms with Crippen molar-refractivity contribution in [1.82, 2.24) is 0 Å². The van der Waals surface area contributed by atoms with Crippen LogP contribution in [0.1, 0.15) is 13.3 Å². The quantitative estimate of drug-likeness (QED) is 0.710. The van der Waals surface area contributed by atoms with Crippen molar-refractivity contribution in [1.29, 1.82) is 0 Å². The summed E-state index contributed by atoms with van der Waals surface area (Å²) in [5.74, 6) is -0.311. The van der Waals surface area contributed by atoms with E-state index in [2.05, 4.69) is 16.0 Å². The fraction of sp³-hybridized carbons (Fsp3) is 0.176. The van der Waals surface area contributed by atoms with E-state index in [-0.39, 0.29) is 18.2 Å². The largest absolute Gasteiger partial charge is 0.384 e. The molecule has 0 fully saturated rings. The van der Waals surface area contributed by atoms with Gasteiger partial charge in [-0.05, 0) is 30.3 Å². The molecule has 0 unspecified atom stereocenters. The Morgan fingerprint density at radius 2 is 1.71 bits per heavy atom. The van der Waals surface area contributed by atoms with E-state index in [1.54, 1.807) is 30.3 Å². The van der Waals surface area contributed by atoms with Crippen LogP contribution in [0.25, 0.3) is 0 Å². The molecule has 0 aliphatic rings. The first-order valence-electron chi connectivity index (χ1n) is 7.31. The molecule has 2 aromatic rings. The van der Waals surface area contributed by atoms with Crippen LogP contribution in [0, 0.1) is 0 Å². The summed E-state index contributed by atoms with van der Waals surface area (Å²) in [6.07, 6.45) is 0.257. The average Bonchev–Trinajstić information content (AvgIpc) is 2.51. The molecule has 2 rings (SSSR count). The number of halogens is 2. The summed E-state index contributed by atoms with van der Waals surface area (Å²) in [7, 11) is 0. The lowest BCUT2D eigenvalue weighted by molar-refractivity contribution is -0.116. The zero-order valence-corrected chi connectivity index (χ0v) is 14.5. The Kier molecular flexibility index (Phi) is 6.46. The van der Waals surface area contributed by atoms with Crippen LogP contribution in [0.4, 0.5) is 17.1 Å². The number of carbonyl (C=O) groups excluding carboxylic acids is 2. The summed E-state index contributed by atoms with van der Waals surface area (Å²) in [6.45, 7) is 1.89. The summed E-state index contributed by atoms with van der Waals surface area (Å²) < 4.78 is 0. The molecule has 0 heterocycles. The summed E-state index contributed by atoms with van der Waals surface area (Å²) >= 11 is 11.9. The van der Waals surface area contributed by atoms with Gasteiger partial charge >= 0.3 is 0 Å². The summed E-state index contributed by atoms with van der Waals surface area (Å²) in [5, 5.41) is 9.27. The molecule has 0 aromatic heterocycles. The van der Waals surface area contributed by atoms with Gasteiger partial charge in [0, 0.05) is 31.3 Å². The number of anilines is 3. The maximum atomic E-state index is 12.0. The SMILES string of the molecule is CC(=O)Nc1cccc(NCCC(=O)Nc2cccc(Cl)c2Cl)c1. The monoisotopic (exact) mass is 365 g/mol. The normalized spacial score (nSPS) is 10.1. The topological polar surface area (TPSA) is 70.2 Å². The zero-order valence-electron chi connectivity index (χ0n) is 13.0. The molecule has 0 aliphatic carbocycles. The standard InChI is InChI=1S/C17H17Cl2N3O2/c1-11(23)21-13-5-2-4-12(10-13)20-9-8-16(24)22-15-7-3-6-14(18)17(15)19/h2-7,10,20H,8-9H2,1H3,(H,21,23)(H,22,24). The van der Waals surface area contributed by atoms with Crippen molar-refractivity contribution in [3.05, 3.63) is 52.5 Å². The second kappa shape index (κ2) is 8.57. The van der Waals surface area contributed by atoms with Gasteiger partial charge in [0.1, 0.15) is 0 Å². The second-order valence-electron chi connectivity index (χ2n) is 5.09. The van der Waals surface area contributed by atoms with Crippen LogP contribution in [-0.2, 0) is 9.59 Å². The first-order valence-corrected chi connectivity index (χ1v) is 8.06. The third kappa shape index (κ3) is 5.44. The molecule has 0 saturated carbocycles. The Morgan fingerprint density at radius 3 is 2.46 bits per heavy atom. The first kappa shape index (κ1) is 18.1. The van der Waals surface area contributed by atoms with Crippen molar-refractivity contribution in [3.63, 3.8) is 0 Å². The highest BCUT2D eigenvalue weighted by Crippen LogP contribution is 2.29. The van der Waals surface area contributed by atoms with Crippen LogP contribution in [0.15, 0.2) is 42.5 Å². The molecular formula is C17H17Cl2N3O2. The molecule has 0 atom stereocenters. The third-order valence-corrected chi connectivity index (χ3v) is 3.91.